The molecule has 0 heterocycles. The van der Waals surface area contributed by atoms with Crippen molar-refractivity contribution in [3.8, 4) is 0 Å². The van der Waals surface area contributed by atoms with Crippen molar-refractivity contribution in [2.45, 2.75) is 20.8 Å². The second-order valence-electron chi connectivity index (χ2n) is 4.25. The Balaban J connectivity index is 2.48. The fourth-order valence-electron chi connectivity index (χ4n) is 2.06. The van der Waals surface area contributed by atoms with Crippen molar-refractivity contribution in [1.29, 1.82) is 0 Å². The van der Waals surface area contributed by atoms with Crippen LogP contribution in [0.5, 0.6) is 0 Å². The van der Waals surface area contributed by atoms with Gasteiger partial charge in [-0.3, -0.25) is 0 Å². The first kappa shape index (κ1) is 13.1. The fourth-order valence-corrected chi connectivity index (χ4v) is 10.0. The summed E-state index contributed by atoms with van der Waals surface area (Å²) < 4.78 is 3.01. The third kappa shape index (κ3) is 2.91. The van der Waals surface area contributed by atoms with E-state index in [0.717, 1.165) is 0 Å². The molecule has 0 nitrogen and oxygen atoms in total. The van der Waals surface area contributed by atoms with Gasteiger partial charge in [0.05, 0.1) is 0 Å². The fraction of sp³-hybridized carbons (Fsp3) is 0.200. The van der Waals surface area contributed by atoms with Crippen LogP contribution in [0.4, 0.5) is 0 Å². The summed E-state index contributed by atoms with van der Waals surface area (Å²) in [6, 6.07) is 15.4. The second kappa shape index (κ2) is 5.53. The number of halogens is 2. The average Bonchev–Trinajstić information content (AvgIpc) is 2.28. The number of hydrogen-bond acceptors (Lipinski definition) is 0. The molecule has 0 atom stereocenters. The van der Waals surface area contributed by atoms with Crippen LogP contribution in [0, 0.1) is 27.9 Å². The third-order valence-corrected chi connectivity index (χ3v) is 11.5. The van der Waals surface area contributed by atoms with Gasteiger partial charge in [-0.2, -0.15) is 0 Å². The summed E-state index contributed by atoms with van der Waals surface area (Å²) >= 11 is 2.58. The molecule has 0 saturated heterocycles. The van der Waals surface area contributed by atoms with E-state index in [9.17, 15) is 0 Å². The molecule has 0 N–H and O–H groups in total. The predicted molar refractivity (Wildman–Crippen MR) is 87.4 cm³/mol. The van der Waals surface area contributed by atoms with Crippen molar-refractivity contribution < 1.29 is 0 Å². The van der Waals surface area contributed by atoms with E-state index in [0.29, 0.717) is 0 Å². The van der Waals surface area contributed by atoms with E-state index >= 15 is 0 Å². The molecule has 2 aromatic carbocycles. The third-order valence-electron chi connectivity index (χ3n) is 2.67. The molecule has 0 saturated carbocycles. The molecule has 0 aliphatic rings. The minimum atomic E-state index is -1.40. The quantitative estimate of drug-likeness (QED) is 0.584. The van der Waals surface area contributed by atoms with E-state index in [1.807, 2.05) is 0 Å². The van der Waals surface area contributed by atoms with Gasteiger partial charge in [0.1, 0.15) is 0 Å². The number of rotatable bonds is 2. The Labute approximate surface area is 117 Å². The number of aryl methyl sites for hydroxylation is 3. The van der Waals surface area contributed by atoms with E-state index in [4.69, 9.17) is 0 Å². The summed E-state index contributed by atoms with van der Waals surface area (Å²) in [5.41, 5.74) is 4.20. The maximum atomic E-state index is 3.98. The van der Waals surface area contributed by atoms with Gasteiger partial charge >= 0.3 is 117 Å². The summed E-state index contributed by atoms with van der Waals surface area (Å²) in [5, 5.41) is 0. The van der Waals surface area contributed by atoms with Gasteiger partial charge in [0.15, 0.2) is 0 Å². The molecular formula is C15H16BrI. The van der Waals surface area contributed by atoms with Crippen LogP contribution in [0.15, 0.2) is 42.5 Å². The first-order valence-corrected chi connectivity index (χ1v) is 12.6. The van der Waals surface area contributed by atoms with Crippen LogP contribution in [0.3, 0.4) is 0 Å². The van der Waals surface area contributed by atoms with Crippen LogP contribution in [0.2, 0.25) is 0 Å². The normalized spacial score (nSPS) is 11.4. The van der Waals surface area contributed by atoms with E-state index in [-0.39, 0.29) is 0 Å². The summed E-state index contributed by atoms with van der Waals surface area (Å²) in [6.45, 7) is 6.62. The summed E-state index contributed by atoms with van der Waals surface area (Å²) in [7, 11) is 0. The van der Waals surface area contributed by atoms with Crippen molar-refractivity contribution in [3.63, 3.8) is 0 Å². The monoisotopic (exact) mass is 402 g/mol. The SMILES string of the molecule is Cc1cc(C)c(I(Br)c2ccccc2)c(C)c1. The van der Waals surface area contributed by atoms with Crippen LogP contribution >= 0.6 is 30.3 Å². The average molecular weight is 403 g/mol. The van der Waals surface area contributed by atoms with Crippen molar-refractivity contribution in [1.82, 2.24) is 0 Å². The van der Waals surface area contributed by atoms with Crippen LogP contribution in [-0.2, 0) is 0 Å². The van der Waals surface area contributed by atoms with E-state index in [1.54, 1.807) is 3.57 Å². The van der Waals surface area contributed by atoms with Crippen LogP contribution in [0.1, 0.15) is 16.7 Å². The van der Waals surface area contributed by atoms with Gasteiger partial charge in [0.25, 0.3) is 0 Å². The molecule has 0 fully saturated rings. The summed E-state index contributed by atoms with van der Waals surface area (Å²) in [5.74, 6) is 0. The van der Waals surface area contributed by atoms with Gasteiger partial charge in [-0.05, 0) is 0 Å². The Hall–Kier alpha value is -0.350. The Bertz CT molecular complexity index is 497. The molecule has 0 unspecified atom stereocenters. The first-order chi connectivity index (χ1) is 8.09. The molecule has 0 aliphatic carbocycles. The zero-order valence-corrected chi connectivity index (χ0v) is 14.0. The standard InChI is InChI=1S/C15H16BrI/c1-11-9-12(2)15(13(3)10-11)17(16)14-7-5-4-6-8-14/h4-10H,1-3H3. The molecule has 0 bridgehead atoms. The number of benzene rings is 2. The second-order valence-corrected chi connectivity index (χ2v) is 11.9. The molecule has 0 spiro atoms. The molecular weight excluding hydrogens is 387 g/mol. The summed E-state index contributed by atoms with van der Waals surface area (Å²) in [6.07, 6.45) is 0. The molecule has 2 rings (SSSR count). The van der Waals surface area contributed by atoms with Crippen molar-refractivity contribution in [2.75, 3.05) is 0 Å². The van der Waals surface area contributed by atoms with Crippen molar-refractivity contribution in [3.05, 3.63) is 66.3 Å². The van der Waals surface area contributed by atoms with Gasteiger partial charge in [-0.15, -0.1) is 0 Å². The van der Waals surface area contributed by atoms with Crippen molar-refractivity contribution >= 4 is 30.3 Å². The molecule has 2 aromatic rings. The van der Waals surface area contributed by atoms with Crippen LogP contribution < -0.4 is 0 Å². The minimum absolute atomic E-state index is 1.36. The zero-order valence-electron chi connectivity index (χ0n) is 10.3. The molecule has 0 aromatic heterocycles. The molecule has 0 aliphatic heterocycles. The van der Waals surface area contributed by atoms with Crippen LogP contribution in [0.25, 0.3) is 0 Å². The van der Waals surface area contributed by atoms with Gasteiger partial charge in [-0.1, -0.05) is 0 Å². The van der Waals surface area contributed by atoms with E-state index in [2.05, 4.69) is 75.9 Å². The maximum absolute atomic E-state index is 3.98. The van der Waals surface area contributed by atoms with Gasteiger partial charge < -0.3 is 0 Å². The number of hydrogen-bond donors (Lipinski definition) is 0. The molecule has 0 radical (unpaired) electrons. The predicted octanol–water partition coefficient (Wildman–Crippen LogP) is 5.47. The Morgan fingerprint density at radius 1 is 0.882 bits per heavy atom. The van der Waals surface area contributed by atoms with Crippen LogP contribution in [-0.4, -0.2) is 0 Å². The molecule has 90 valence electrons. The van der Waals surface area contributed by atoms with Crippen molar-refractivity contribution in [2.24, 2.45) is 0 Å². The van der Waals surface area contributed by atoms with E-state index < -0.39 is 17.6 Å². The van der Waals surface area contributed by atoms with Gasteiger partial charge in [0.2, 0.25) is 0 Å². The topological polar surface area (TPSA) is 0 Å². The first-order valence-electron chi connectivity index (χ1n) is 5.59. The summed E-state index contributed by atoms with van der Waals surface area (Å²) in [4.78, 5) is 0. The zero-order chi connectivity index (χ0) is 12.4. The molecule has 2 heteroatoms. The Morgan fingerprint density at radius 2 is 1.41 bits per heavy atom. The van der Waals surface area contributed by atoms with E-state index in [1.165, 1.54) is 20.3 Å². The van der Waals surface area contributed by atoms with Gasteiger partial charge in [-0.25, -0.2) is 0 Å². The Kier molecular flexibility index (Phi) is 4.26. The molecule has 0 amide bonds. The molecule has 17 heavy (non-hydrogen) atoms. The van der Waals surface area contributed by atoms with Gasteiger partial charge in [0, 0.05) is 0 Å². The Morgan fingerprint density at radius 3 is 1.94 bits per heavy atom.